The summed E-state index contributed by atoms with van der Waals surface area (Å²) in [6.45, 7) is 18.4. The molecule has 3 heteroatoms. The molecule has 31 heavy (non-hydrogen) atoms. The smallest absolute Gasteiger partial charge is 0.133 e. The van der Waals surface area contributed by atoms with Crippen molar-refractivity contribution >= 4 is 17.7 Å². The van der Waals surface area contributed by atoms with Crippen LogP contribution in [0.25, 0.3) is 17.7 Å². The molecule has 0 bridgehead atoms. The van der Waals surface area contributed by atoms with Crippen LogP contribution in [0.5, 0.6) is 0 Å². The van der Waals surface area contributed by atoms with E-state index < -0.39 is 6.67 Å². The highest BCUT2D eigenvalue weighted by molar-refractivity contribution is 5.58. The van der Waals surface area contributed by atoms with Crippen molar-refractivity contribution in [2.45, 2.75) is 67.7 Å². The molecule has 0 aliphatic rings. The van der Waals surface area contributed by atoms with Crippen molar-refractivity contribution in [1.82, 2.24) is 9.97 Å². The van der Waals surface area contributed by atoms with Gasteiger partial charge in [0.15, 0.2) is 0 Å². The first-order valence-electron chi connectivity index (χ1n) is 11.4. The third-order valence-corrected chi connectivity index (χ3v) is 5.60. The Balaban J connectivity index is 2.89. The minimum Gasteiger partial charge on any atom is -0.339 e. The van der Waals surface area contributed by atoms with E-state index in [0.29, 0.717) is 23.8 Å². The molecule has 170 valence electrons. The van der Waals surface area contributed by atoms with E-state index in [1.165, 1.54) is 6.42 Å². The predicted molar refractivity (Wildman–Crippen MR) is 136 cm³/mol. The van der Waals surface area contributed by atoms with Crippen molar-refractivity contribution < 1.29 is 4.39 Å². The number of nitrogens with one attached hydrogen (secondary N) is 1. The molecular weight excluding hydrogens is 383 g/mol. The number of alkyl halides is 1. The van der Waals surface area contributed by atoms with Crippen LogP contribution >= 0.6 is 0 Å². The highest BCUT2D eigenvalue weighted by Gasteiger charge is 2.07. The Morgan fingerprint density at radius 2 is 1.77 bits per heavy atom. The number of H-pyrrole nitrogens is 1. The van der Waals surface area contributed by atoms with Crippen molar-refractivity contribution in [3.8, 4) is 0 Å². The van der Waals surface area contributed by atoms with Crippen molar-refractivity contribution in [3.05, 3.63) is 70.2 Å². The van der Waals surface area contributed by atoms with E-state index in [-0.39, 0.29) is 0 Å². The van der Waals surface area contributed by atoms with Gasteiger partial charge in [-0.1, -0.05) is 81.9 Å². The normalized spacial score (nSPS) is 16.1. The summed E-state index contributed by atoms with van der Waals surface area (Å²) in [6.07, 6.45) is 17.0. The van der Waals surface area contributed by atoms with Gasteiger partial charge < -0.3 is 4.98 Å². The molecule has 0 amide bonds. The summed E-state index contributed by atoms with van der Waals surface area (Å²) in [4.78, 5) is 7.96. The molecule has 1 unspecified atom stereocenters. The Morgan fingerprint density at radius 3 is 2.29 bits per heavy atom. The van der Waals surface area contributed by atoms with E-state index in [2.05, 4.69) is 43.4 Å². The molecule has 0 radical (unpaired) electrons. The summed E-state index contributed by atoms with van der Waals surface area (Å²) >= 11 is 0. The third-order valence-electron chi connectivity index (χ3n) is 5.60. The summed E-state index contributed by atoms with van der Waals surface area (Å²) in [5.74, 6) is 1.99. The van der Waals surface area contributed by atoms with E-state index >= 15 is 0 Å². The number of nitrogens with zero attached hydrogens (tertiary/aromatic N) is 1. The first-order chi connectivity index (χ1) is 14.8. The molecule has 0 fully saturated rings. The molecule has 1 rings (SSSR count). The first-order valence-corrected chi connectivity index (χ1v) is 11.4. The van der Waals surface area contributed by atoms with Crippen molar-refractivity contribution in [3.63, 3.8) is 0 Å². The maximum absolute atomic E-state index is 13.8. The van der Waals surface area contributed by atoms with Crippen LogP contribution in [0.3, 0.4) is 0 Å². The third kappa shape index (κ3) is 8.69. The Bertz CT molecular complexity index is 920. The van der Waals surface area contributed by atoms with Gasteiger partial charge >= 0.3 is 0 Å². The van der Waals surface area contributed by atoms with Gasteiger partial charge in [0, 0.05) is 0 Å². The van der Waals surface area contributed by atoms with Crippen LogP contribution < -0.4 is 10.7 Å². The zero-order valence-electron chi connectivity index (χ0n) is 20.6. The van der Waals surface area contributed by atoms with Crippen LogP contribution in [-0.4, -0.2) is 16.6 Å². The molecule has 0 saturated heterocycles. The second kappa shape index (κ2) is 13.8. The number of hydrogen-bond acceptors (Lipinski definition) is 1. The fraction of sp³-hybridized carbons (Fsp3) is 0.464. The summed E-state index contributed by atoms with van der Waals surface area (Å²) in [6, 6.07) is 0. The van der Waals surface area contributed by atoms with E-state index in [0.717, 1.165) is 39.7 Å². The molecule has 0 saturated carbocycles. The second-order valence-corrected chi connectivity index (χ2v) is 8.47. The lowest BCUT2D eigenvalue weighted by Gasteiger charge is -2.13. The second-order valence-electron chi connectivity index (χ2n) is 8.47. The molecule has 0 aliphatic carbocycles. The zero-order chi connectivity index (χ0) is 23.4. The molecule has 0 spiro atoms. The number of aromatic nitrogens is 2. The molecule has 1 N–H and O–H groups in total. The number of halogens is 1. The molecule has 0 aromatic carbocycles. The summed E-state index contributed by atoms with van der Waals surface area (Å²) in [5.41, 5.74) is 3.76. The van der Waals surface area contributed by atoms with E-state index in [1.54, 1.807) is 0 Å². The highest BCUT2D eigenvalue weighted by atomic mass is 19.1. The van der Waals surface area contributed by atoms with Crippen LogP contribution in [-0.2, 0) is 0 Å². The van der Waals surface area contributed by atoms with Gasteiger partial charge in [-0.15, -0.1) is 0 Å². The van der Waals surface area contributed by atoms with Crippen LogP contribution in [0, 0.1) is 11.8 Å². The SMILES string of the molecule is C=C(\C=C/C(=C\C)C(=C/C/C=C(\C)c1nc(=C/C)/c(=C\C)[nH]1)/CF)C(C)CCC(C)C. The number of aromatic amines is 1. The molecule has 1 aromatic rings. The molecule has 1 heterocycles. The van der Waals surface area contributed by atoms with Gasteiger partial charge in [-0.25, -0.2) is 9.37 Å². The van der Waals surface area contributed by atoms with E-state index in [4.69, 9.17) is 0 Å². The Labute approximate surface area is 188 Å². The lowest BCUT2D eigenvalue weighted by molar-refractivity contribution is 0.494. The molecular formula is C28H41FN2. The maximum atomic E-state index is 13.8. The van der Waals surface area contributed by atoms with Crippen molar-refractivity contribution in [1.29, 1.82) is 0 Å². The largest absolute Gasteiger partial charge is 0.339 e. The molecule has 1 aromatic heterocycles. The summed E-state index contributed by atoms with van der Waals surface area (Å²) in [5, 5.41) is 1.98. The summed E-state index contributed by atoms with van der Waals surface area (Å²) < 4.78 is 13.8. The van der Waals surface area contributed by atoms with E-state index in [1.807, 2.05) is 64.2 Å². The monoisotopic (exact) mass is 424 g/mol. The van der Waals surface area contributed by atoms with Gasteiger partial charge in [-0.3, -0.25) is 0 Å². The summed E-state index contributed by atoms with van der Waals surface area (Å²) in [7, 11) is 0. The lowest BCUT2D eigenvalue weighted by atomic mass is 9.92. The number of allylic oxidation sites excluding steroid dienone is 9. The number of hydrogen-bond donors (Lipinski definition) is 1. The topological polar surface area (TPSA) is 28.7 Å². The molecule has 2 nitrogen and oxygen atoms in total. The Morgan fingerprint density at radius 1 is 1.06 bits per heavy atom. The standard InChI is InChI=1S/C28H41FN2/c1-9-24(18-17-22(7)21(6)16-15-20(4)5)25(19-29)14-12-13-23(8)28-30-26(10-2)27(11-3)31-28/h9-11,13-14,17-18,20-21H,7,12,15-16,19H2,1-6,8H3,(H,30,31)/b18-17-,23-13+,24-9+,25-14+,26-10+,27-11+. The Hall–Kier alpha value is -2.42. The fourth-order valence-corrected chi connectivity index (χ4v) is 3.27. The highest BCUT2D eigenvalue weighted by Crippen LogP contribution is 2.21. The van der Waals surface area contributed by atoms with Gasteiger partial charge in [0.2, 0.25) is 0 Å². The lowest BCUT2D eigenvalue weighted by Crippen LogP contribution is -2.23. The van der Waals surface area contributed by atoms with Crippen LogP contribution in [0.4, 0.5) is 4.39 Å². The van der Waals surface area contributed by atoms with Gasteiger partial charge in [-0.2, -0.15) is 0 Å². The maximum Gasteiger partial charge on any atom is 0.133 e. The van der Waals surface area contributed by atoms with Gasteiger partial charge in [0.05, 0.1) is 10.7 Å². The van der Waals surface area contributed by atoms with Gasteiger partial charge in [-0.05, 0) is 69.1 Å². The minimum absolute atomic E-state index is 0.434. The van der Waals surface area contributed by atoms with Gasteiger partial charge in [0.25, 0.3) is 0 Å². The molecule has 1 atom stereocenters. The predicted octanol–water partition coefficient (Wildman–Crippen LogP) is 6.83. The quantitative estimate of drug-likeness (QED) is 0.387. The van der Waals surface area contributed by atoms with Gasteiger partial charge in [0.1, 0.15) is 12.5 Å². The van der Waals surface area contributed by atoms with Crippen molar-refractivity contribution in [2.75, 3.05) is 6.67 Å². The fourth-order valence-electron chi connectivity index (χ4n) is 3.27. The van der Waals surface area contributed by atoms with Crippen LogP contribution in [0.1, 0.15) is 73.6 Å². The first kappa shape index (κ1) is 26.6. The van der Waals surface area contributed by atoms with Crippen molar-refractivity contribution in [2.24, 2.45) is 11.8 Å². The average Bonchev–Trinajstić information content (AvgIpc) is 3.19. The Kier molecular flexibility index (Phi) is 11.8. The zero-order valence-corrected chi connectivity index (χ0v) is 20.6. The number of imidazole rings is 1. The number of rotatable bonds is 11. The molecule has 0 aliphatic heterocycles. The van der Waals surface area contributed by atoms with E-state index in [9.17, 15) is 4.39 Å². The van der Waals surface area contributed by atoms with Crippen LogP contribution in [0.2, 0.25) is 0 Å². The van der Waals surface area contributed by atoms with Crippen LogP contribution in [0.15, 0.2) is 53.7 Å². The average molecular weight is 425 g/mol. The minimum atomic E-state index is -0.489.